The van der Waals surface area contributed by atoms with Crippen LogP contribution in [0.4, 0.5) is 0 Å². The molecule has 3 N–H and O–H groups in total. The third kappa shape index (κ3) is 26.9. The minimum Gasteiger partial charge on any atom is -0.481 e. The standard InChI is InChI=1S/C18H36O2.C9H20N2O/c1-2-3-4-5-6-7-8-9-10-11-12-13-14-15-16-17-18(19)20;1-3-7-11(8-4-2)9(12)5-6-10/h2-17H2,1H3,(H,19,20);3-8,10H2,1-2H3. The number of amides is 1. The zero-order valence-electron chi connectivity index (χ0n) is 21.8. The minimum atomic E-state index is -0.653. The molecule has 0 saturated heterocycles. The van der Waals surface area contributed by atoms with Crippen molar-refractivity contribution in [3.63, 3.8) is 0 Å². The van der Waals surface area contributed by atoms with Crippen molar-refractivity contribution < 1.29 is 14.7 Å². The third-order valence-electron chi connectivity index (χ3n) is 5.69. The van der Waals surface area contributed by atoms with Gasteiger partial charge in [0.1, 0.15) is 0 Å². The summed E-state index contributed by atoms with van der Waals surface area (Å²) in [6.45, 7) is 8.63. The Morgan fingerprint density at radius 1 is 0.594 bits per heavy atom. The summed E-state index contributed by atoms with van der Waals surface area (Å²) in [5.74, 6) is -0.458. The molecule has 0 unspecified atom stereocenters. The van der Waals surface area contributed by atoms with E-state index >= 15 is 0 Å². The van der Waals surface area contributed by atoms with E-state index in [2.05, 4.69) is 20.8 Å². The van der Waals surface area contributed by atoms with Crippen LogP contribution in [0.1, 0.15) is 143 Å². The smallest absolute Gasteiger partial charge is 0.303 e. The second kappa shape index (κ2) is 27.9. The Hall–Kier alpha value is -1.10. The topological polar surface area (TPSA) is 83.6 Å². The van der Waals surface area contributed by atoms with Crippen LogP contribution in [-0.4, -0.2) is 41.5 Å². The van der Waals surface area contributed by atoms with Crippen molar-refractivity contribution in [1.82, 2.24) is 4.90 Å². The third-order valence-corrected chi connectivity index (χ3v) is 5.69. The zero-order chi connectivity index (χ0) is 24.3. The molecule has 32 heavy (non-hydrogen) atoms. The Kier molecular flexibility index (Phi) is 28.9. The van der Waals surface area contributed by atoms with Crippen LogP contribution in [0.25, 0.3) is 0 Å². The molecule has 0 aromatic carbocycles. The summed E-state index contributed by atoms with van der Waals surface area (Å²) in [6.07, 6.45) is 22.7. The summed E-state index contributed by atoms with van der Waals surface area (Å²) < 4.78 is 0. The number of unbranched alkanes of at least 4 members (excludes halogenated alkanes) is 14. The van der Waals surface area contributed by atoms with Gasteiger partial charge in [-0.25, -0.2) is 0 Å². The van der Waals surface area contributed by atoms with Gasteiger partial charge in [0.25, 0.3) is 0 Å². The fourth-order valence-electron chi connectivity index (χ4n) is 3.83. The second-order valence-electron chi connectivity index (χ2n) is 9.01. The predicted octanol–water partition coefficient (Wildman–Crippen LogP) is 7.32. The minimum absolute atomic E-state index is 0.196. The number of carboxylic acids is 1. The lowest BCUT2D eigenvalue weighted by atomic mass is 10.0. The number of hydrogen-bond donors (Lipinski definition) is 2. The van der Waals surface area contributed by atoms with E-state index in [0.29, 0.717) is 19.4 Å². The maximum Gasteiger partial charge on any atom is 0.303 e. The maximum atomic E-state index is 11.4. The summed E-state index contributed by atoms with van der Waals surface area (Å²) in [5.41, 5.74) is 5.31. The Bertz CT molecular complexity index is 396. The van der Waals surface area contributed by atoms with Gasteiger partial charge in [-0.1, -0.05) is 111 Å². The van der Waals surface area contributed by atoms with Crippen molar-refractivity contribution in [1.29, 1.82) is 0 Å². The Labute approximate surface area is 199 Å². The van der Waals surface area contributed by atoms with E-state index in [1.54, 1.807) is 0 Å². The zero-order valence-corrected chi connectivity index (χ0v) is 21.8. The molecule has 0 aliphatic rings. The molecular formula is C27H56N2O3. The number of carboxylic acid groups (broad SMARTS) is 1. The molecule has 5 nitrogen and oxygen atoms in total. The van der Waals surface area contributed by atoms with E-state index in [1.165, 1.54) is 83.5 Å². The molecule has 0 rings (SSSR count). The molecule has 192 valence electrons. The van der Waals surface area contributed by atoms with Crippen LogP contribution < -0.4 is 5.73 Å². The lowest BCUT2D eigenvalue weighted by molar-refractivity contribution is -0.137. The normalized spacial score (nSPS) is 10.5. The van der Waals surface area contributed by atoms with Crippen molar-refractivity contribution in [2.45, 2.75) is 143 Å². The number of carbonyl (C=O) groups is 2. The highest BCUT2D eigenvalue weighted by Crippen LogP contribution is 2.13. The number of nitrogens with two attached hydrogens (primary N) is 1. The van der Waals surface area contributed by atoms with Crippen molar-refractivity contribution in [3.05, 3.63) is 0 Å². The highest BCUT2D eigenvalue weighted by atomic mass is 16.4. The molecule has 0 aromatic rings. The van der Waals surface area contributed by atoms with Gasteiger partial charge in [-0.15, -0.1) is 0 Å². The van der Waals surface area contributed by atoms with Crippen molar-refractivity contribution in [2.24, 2.45) is 5.73 Å². The average molecular weight is 457 g/mol. The molecule has 0 bridgehead atoms. The summed E-state index contributed by atoms with van der Waals surface area (Å²) in [5, 5.41) is 8.52. The number of aliphatic carboxylic acids is 1. The van der Waals surface area contributed by atoms with E-state index in [4.69, 9.17) is 10.8 Å². The molecule has 0 radical (unpaired) electrons. The van der Waals surface area contributed by atoms with E-state index in [-0.39, 0.29) is 5.91 Å². The first-order valence-electron chi connectivity index (χ1n) is 13.7. The van der Waals surface area contributed by atoms with Gasteiger partial charge < -0.3 is 15.7 Å². The van der Waals surface area contributed by atoms with Gasteiger partial charge in [-0.3, -0.25) is 9.59 Å². The lowest BCUT2D eigenvalue weighted by Gasteiger charge is -2.20. The average Bonchev–Trinajstić information content (AvgIpc) is 2.76. The summed E-state index contributed by atoms with van der Waals surface area (Å²) in [7, 11) is 0. The second-order valence-corrected chi connectivity index (χ2v) is 9.01. The molecule has 5 heteroatoms. The first-order chi connectivity index (χ1) is 15.5. The molecule has 0 aromatic heterocycles. The van der Waals surface area contributed by atoms with E-state index < -0.39 is 5.97 Å². The van der Waals surface area contributed by atoms with E-state index in [1.807, 2.05) is 4.90 Å². The summed E-state index contributed by atoms with van der Waals surface area (Å²) in [6, 6.07) is 0. The van der Waals surface area contributed by atoms with Crippen LogP contribution in [0.3, 0.4) is 0 Å². The van der Waals surface area contributed by atoms with Crippen LogP contribution in [0, 0.1) is 0 Å². The number of carbonyl (C=O) groups excluding carboxylic acids is 1. The van der Waals surface area contributed by atoms with Gasteiger partial charge in [-0.2, -0.15) is 0 Å². The Morgan fingerprint density at radius 2 is 0.969 bits per heavy atom. The number of nitrogens with zero attached hydrogens (tertiary/aromatic N) is 1. The van der Waals surface area contributed by atoms with Crippen LogP contribution in [0.2, 0.25) is 0 Å². The highest BCUT2D eigenvalue weighted by molar-refractivity contribution is 5.76. The molecule has 0 heterocycles. The Morgan fingerprint density at radius 3 is 1.28 bits per heavy atom. The van der Waals surface area contributed by atoms with Gasteiger partial charge in [0, 0.05) is 32.5 Å². The van der Waals surface area contributed by atoms with Crippen LogP contribution in [0.15, 0.2) is 0 Å². The quantitative estimate of drug-likeness (QED) is 0.167. The fraction of sp³-hybridized carbons (Fsp3) is 0.926. The summed E-state index contributed by atoms with van der Waals surface area (Å²) in [4.78, 5) is 23.6. The van der Waals surface area contributed by atoms with Gasteiger partial charge in [0.15, 0.2) is 0 Å². The first-order valence-corrected chi connectivity index (χ1v) is 13.7. The van der Waals surface area contributed by atoms with Gasteiger partial charge in [-0.05, 0) is 19.3 Å². The van der Waals surface area contributed by atoms with Gasteiger partial charge in [0.2, 0.25) is 5.91 Å². The summed E-state index contributed by atoms with van der Waals surface area (Å²) >= 11 is 0. The van der Waals surface area contributed by atoms with Crippen molar-refractivity contribution in [3.8, 4) is 0 Å². The van der Waals surface area contributed by atoms with Crippen molar-refractivity contribution >= 4 is 11.9 Å². The molecule has 0 fully saturated rings. The maximum absolute atomic E-state index is 11.4. The SMILES string of the molecule is CCCCCCCCCCCCCCCCCC(=O)O.CCCN(CCC)C(=O)CCN. The first kappa shape index (κ1) is 33.1. The van der Waals surface area contributed by atoms with Crippen LogP contribution in [0.5, 0.6) is 0 Å². The van der Waals surface area contributed by atoms with Gasteiger partial charge >= 0.3 is 5.97 Å². The monoisotopic (exact) mass is 456 g/mol. The van der Waals surface area contributed by atoms with Gasteiger partial charge in [0.05, 0.1) is 0 Å². The van der Waals surface area contributed by atoms with Crippen LogP contribution >= 0.6 is 0 Å². The molecule has 0 spiro atoms. The number of rotatable bonds is 22. The molecule has 0 aliphatic carbocycles. The van der Waals surface area contributed by atoms with E-state index in [0.717, 1.165) is 38.8 Å². The fourth-order valence-corrected chi connectivity index (χ4v) is 3.83. The van der Waals surface area contributed by atoms with Crippen molar-refractivity contribution in [2.75, 3.05) is 19.6 Å². The Balaban J connectivity index is 0. The largest absolute Gasteiger partial charge is 0.481 e. The molecule has 0 atom stereocenters. The highest BCUT2D eigenvalue weighted by Gasteiger charge is 2.09. The van der Waals surface area contributed by atoms with Crippen LogP contribution in [-0.2, 0) is 9.59 Å². The molecule has 1 amide bonds. The molecule has 0 aliphatic heterocycles. The number of hydrogen-bond acceptors (Lipinski definition) is 3. The molecule has 0 saturated carbocycles. The predicted molar refractivity (Wildman–Crippen MR) is 138 cm³/mol. The molecular weight excluding hydrogens is 400 g/mol. The lowest BCUT2D eigenvalue weighted by Crippen LogP contribution is -2.33. The van der Waals surface area contributed by atoms with E-state index in [9.17, 15) is 9.59 Å².